The summed E-state index contributed by atoms with van der Waals surface area (Å²) >= 11 is 0. The summed E-state index contributed by atoms with van der Waals surface area (Å²) in [7, 11) is -1.86. The Kier molecular flexibility index (Phi) is 3.79. The highest BCUT2D eigenvalue weighted by molar-refractivity contribution is 6.84. The molecule has 0 radical (unpaired) electrons. The van der Waals surface area contributed by atoms with Gasteiger partial charge in [0.25, 0.3) is 0 Å². The van der Waals surface area contributed by atoms with Crippen LogP contribution in [0, 0.1) is 5.92 Å². The van der Waals surface area contributed by atoms with Crippen LogP contribution in [0.1, 0.15) is 19.3 Å². The monoisotopic (exact) mass is 248 g/mol. The molecule has 1 saturated carbocycles. The Hall–Kier alpha value is -0.933. The maximum Gasteiger partial charge on any atom is 0.218 e. The van der Waals surface area contributed by atoms with Gasteiger partial charge in [0.05, 0.1) is 6.10 Å². The Bertz CT molecular complexity index is 375. The Morgan fingerprint density at radius 1 is 1.24 bits per heavy atom. The summed E-state index contributed by atoms with van der Waals surface area (Å²) in [4.78, 5) is 11.0. The molecule has 0 amide bonds. The van der Waals surface area contributed by atoms with Gasteiger partial charge < -0.3 is 9.22 Å². The van der Waals surface area contributed by atoms with Gasteiger partial charge in [0, 0.05) is 5.92 Å². The van der Waals surface area contributed by atoms with Crippen LogP contribution in [0.25, 0.3) is 0 Å². The Balaban J connectivity index is 2.09. The number of benzene rings is 1. The van der Waals surface area contributed by atoms with Crippen molar-refractivity contribution >= 4 is 19.8 Å². The van der Waals surface area contributed by atoms with Gasteiger partial charge in [-0.2, -0.15) is 0 Å². The average Bonchev–Trinajstić information content (AvgIpc) is 2.77. The van der Waals surface area contributed by atoms with Gasteiger partial charge >= 0.3 is 0 Å². The summed E-state index contributed by atoms with van der Waals surface area (Å²) < 4.78 is 6.30. The van der Waals surface area contributed by atoms with Crippen molar-refractivity contribution in [1.82, 2.24) is 0 Å². The number of hydrogen-bond donors (Lipinski definition) is 0. The first-order valence-corrected chi connectivity index (χ1v) is 9.23. The zero-order valence-corrected chi connectivity index (χ0v) is 11.6. The zero-order valence-electron chi connectivity index (χ0n) is 10.6. The molecule has 0 aromatic heterocycles. The molecule has 0 heterocycles. The SMILES string of the molecule is C[Si](C)(O[C@@H]1CCC[C@H]1C=O)c1ccccc1. The van der Waals surface area contributed by atoms with Crippen LogP contribution in [-0.4, -0.2) is 20.7 Å². The molecule has 1 fully saturated rings. The minimum Gasteiger partial charge on any atom is -0.409 e. The second-order valence-corrected chi connectivity index (χ2v) is 9.10. The molecule has 0 spiro atoms. The molecule has 0 aliphatic heterocycles. The number of carbonyl (C=O) groups is 1. The van der Waals surface area contributed by atoms with E-state index < -0.39 is 8.32 Å². The molecule has 3 heteroatoms. The minimum atomic E-state index is -1.86. The lowest BCUT2D eigenvalue weighted by atomic mass is 10.1. The van der Waals surface area contributed by atoms with Gasteiger partial charge in [-0.1, -0.05) is 36.8 Å². The third kappa shape index (κ3) is 2.85. The molecule has 92 valence electrons. The molecule has 2 rings (SSSR count). The number of hydrogen-bond acceptors (Lipinski definition) is 2. The van der Waals surface area contributed by atoms with Crippen molar-refractivity contribution < 1.29 is 9.22 Å². The Labute approximate surface area is 104 Å². The second kappa shape index (κ2) is 5.15. The van der Waals surface area contributed by atoms with Crippen LogP contribution < -0.4 is 5.19 Å². The molecule has 0 saturated heterocycles. The first kappa shape index (κ1) is 12.5. The Morgan fingerprint density at radius 2 is 1.94 bits per heavy atom. The normalized spacial score (nSPS) is 24.8. The lowest BCUT2D eigenvalue weighted by Crippen LogP contribution is -2.48. The summed E-state index contributed by atoms with van der Waals surface area (Å²) in [6.07, 6.45) is 4.37. The van der Waals surface area contributed by atoms with Crippen molar-refractivity contribution in [1.29, 1.82) is 0 Å². The topological polar surface area (TPSA) is 26.3 Å². The van der Waals surface area contributed by atoms with Gasteiger partial charge in [-0.05, 0) is 31.1 Å². The molecule has 0 unspecified atom stereocenters. The Morgan fingerprint density at radius 3 is 2.59 bits per heavy atom. The number of carbonyl (C=O) groups excluding carboxylic acids is 1. The van der Waals surface area contributed by atoms with E-state index in [2.05, 4.69) is 37.4 Å². The molecule has 17 heavy (non-hydrogen) atoms. The third-order valence-electron chi connectivity index (χ3n) is 3.59. The van der Waals surface area contributed by atoms with Crippen LogP contribution >= 0.6 is 0 Å². The van der Waals surface area contributed by atoms with Gasteiger partial charge in [0.2, 0.25) is 8.32 Å². The van der Waals surface area contributed by atoms with Crippen LogP contribution in [0.2, 0.25) is 13.1 Å². The molecule has 1 aliphatic carbocycles. The smallest absolute Gasteiger partial charge is 0.218 e. The minimum absolute atomic E-state index is 0.116. The maximum atomic E-state index is 11.0. The predicted molar refractivity (Wildman–Crippen MR) is 71.8 cm³/mol. The van der Waals surface area contributed by atoms with E-state index in [0.717, 1.165) is 25.5 Å². The highest BCUT2D eigenvalue weighted by atomic mass is 28.4. The van der Waals surface area contributed by atoms with Gasteiger partial charge in [-0.3, -0.25) is 0 Å². The fourth-order valence-electron chi connectivity index (χ4n) is 2.54. The maximum absolute atomic E-state index is 11.0. The van der Waals surface area contributed by atoms with Crippen molar-refractivity contribution in [2.75, 3.05) is 0 Å². The van der Waals surface area contributed by atoms with E-state index in [-0.39, 0.29) is 12.0 Å². The molecule has 0 bridgehead atoms. The molecule has 2 nitrogen and oxygen atoms in total. The van der Waals surface area contributed by atoms with E-state index in [1.165, 1.54) is 5.19 Å². The van der Waals surface area contributed by atoms with Crippen molar-refractivity contribution in [3.63, 3.8) is 0 Å². The molecular weight excluding hydrogens is 228 g/mol. The zero-order chi connectivity index (χ0) is 12.3. The quantitative estimate of drug-likeness (QED) is 0.604. The van der Waals surface area contributed by atoms with Crippen LogP contribution in [-0.2, 0) is 9.22 Å². The fourth-order valence-corrected chi connectivity index (χ4v) is 4.72. The molecule has 2 atom stereocenters. The second-order valence-electron chi connectivity index (χ2n) is 5.26. The van der Waals surface area contributed by atoms with E-state index in [1.54, 1.807) is 0 Å². The van der Waals surface area contributed by atoms with Crippen molar-refractivity contribution in [2.24, 2.45) is 5.92 Å². The van der Waals surface area contributed by atoms with Crippen LogP contribution in [0.15, 0.2) is 30.3 Å². The van der Waals surface area contributed by atoms with Gasteiger partial charge in [0.15, 0.2) is 0 Å². The van der Waals surface area contributed by atoms with Crippen molar-refractivity contribution in [3.05, 3.63) is 30.3 Å². The fraction of sp³-hybridized carbons (Fsp3) is 0.500. The largest absolute Gasteiger partial charge is 0.409 e. The third-order valence-corrected chi connectivity index (χ3v) is 6.21. The molecule has 1 aromatic carbocycles. The summed E-state index contributed by atoms with van der Waals surface area (Å²) in [5.41, 5.74) is 0. The molecule has 1 aromatic rings. The van der Waals surface area contributed by atoms with Crippen molar-refractivity contribution in [2.45, 2.75) is 38.5 Å². The standard InChI is InChI=1S/C14H20O2Si/c1-17(2,13-8-4-3-5-9-13)16-14-10-6-7-12(14)11-15/h3-5,8-9,11-12,14H,6-7,10H2,1-2H3/t12-,14+/m0/s1. The summed E-state index contributed by atoms with van der Waals surface area (Å²) in [6, 6.07) is 10.4. The van der Waals surface area contributed by atoms with E-state index in [4.69, 9.17) is 4.43 Å². The predicted octanol–water partition coefficient (Wildman–Crippen LogP) is 2.48. The highest BCUT2D eigenvalue weighted by Crippen LogP contribution is 2.29. The number of aldehydes is 1. The van der Waals surface area contributed by atoms with Gasteiger partial charge in [-0.25, -0.2) is 0 Å². The lowest BCUT2D eigenvalue weighted by molar-refractivity contribution is -0.112. The lowest BCUT2D eigenvalue weighted by Gasteiger charge is -2.29. The summed E-state index contributed by atoms with van der Waals surface area (Å²) in [6.45, 7) is 4.42. The van der Waals surface area contributed by atoms with E-state index >= 15 is 0 Å². The molecular formula is C14H20O2Si. The summed E-state index contributed by atoms with van der Waals surface area (Å²) in [5, 5.41) is 1.30. The van der Waals surface area contributed by atoms with Crippen molar-refractivity contribution in [3.8, 4) is 0 Å². The van der Waals surface area contributed by atoms with Gasteiger partial charge in [-0.15, -0.1) is 0 Å². The van der Waals surface area contributed by atoms with Crippen LogP contribution in [0.4, 0.5) is 0 Å². The average molecular weight is 248 g/mol. The summed E-state index contributed by atoms with van der Waals surface area (Å²) in [5.74, 6) is 0.116. The molecule has 0 N–H and O–H groups in total. The van der Waals surface area contributed by atoms with Gasteiger partial charge in [0.1, 0.15) is 6.29 Å². The number of rotatable bonds is 4. The molecule has 1 aliphatic rings. The van der Waals surface area contributed by atoms with E-state index in [9.17, 15) is 4.79 Å². The van der Waals surface area contributed by atoms with Crippen LogP contribution in [0.3, 0.4) is 0 Å². The first-order chi connectivity index (χ1) is 8.13. The van der Waals surface area contributed by atoms with Crippen LogP contribution in [0.5, 0.6) is 0 Å². The van der Waals surface area contributed by atoms with E-state index in [0.29, 0.717) is 0 Å². The first-order valence-electron chi connectivity index (χ1n) is 6.32. The highest BCUT2D eigenvalue weighted by Gasteiger charge is 2.35. The van der Waals surface area contributed by atoms with E-state index in [1.807, 2.05) is 6.07 Å².